The molecule has 0 saturated heterocycles. The van der Waals surface area contributed by atoms with Gasteiger partial charge < -0.3 is 4.57 Å². The fourth-order valence-corrected chi connectivity index (χ4v) is 3.93. The van der Waals surface area contributed by atoms with Crippen LogP contribution in [0.15, 0.2) is 55.4 Å². The van der Waals surface area contributed by atoms with Gasteiger partial charge in [-0.2, -0.15) is 0 Å². The zero-order chi connectivity index (χ0) is 18.1. The molecule has 0 amide bonds. The first kappa shape index (κ1) is 16.8. The van der Waals surface area contributed by atoms with Crippen LogP contribution in [0, 0.1) is 6.92 Å². The summed E-state index contributed by atoms with van der Waals surface area (Å²) in [6.07, 6.45) is 9.06. The lowest BCUT2D eigenvalue weighted by molar-refractivity contribution is 0.281. The SMILES string of the molecule is C=CCN1CCc2c(c3cc(C)ccc3n2C=C(C)c2ccncc2)C1. The quantitative estimate of drug-likeness (QED) is 0.628. The van der Waals surface area contributed by atoms with Crippen molar-refractivity contribution >= 4 is 22.7 Å². The van der Waals surface area contributed by atoms with E-state index in [9.17, 15) is 0 Å². The van der Waals surface area contributed by atoms with Gasteiger partial charge in [-0.15, -0.1) is 6.58 Å². The van der Waals surface area contributed by atoms with E-state index in [1.807, 2.05) is 18.5 Å². The van der Waals surface area contributed by atoms with Gasteiger partial charge in [-0.05, 0) is 54.8 Å². The molecule has 1 aromatic carbocycles. The number of hydrogen-bond acceptors (Lipinski definition) is 2. The Balaban J connectivity index is 1.87. The van der Waals surface area contributed by atoms with Crippen molar-refractivity contribution in [2.24, 2.45) is 0 Å². The van der Waals surface area contributed by atoms with Crippen LogP contribution in [0.5, 0.6) is 0 Å². The molecule has 0 N–H and O–H groups in total. The first-order valence-corrected chi connectivity index (χ1v) is 9.21. The monoisotopic (exact) mass is 343 g/mol. The number of fused-ring (bicyclic) bond motifs is 3. The Morgan fingerprint density at radius 3 is 2.81 bits per heavy atom. The van der Waals surface area contributed by atoms with Crippen molar-refractivity contribution in [1.82, 2.24) is 14.5 Å². The highest BCUT2D eigenvalue weighted by Gasteiger charge is 2.23. The van der Waals surface area contributed by atoms with Crippen LogP contribution >= 0.6 is 0 Å². The van der Waals surface area contributed by atoms with E-state index in [2.05, 4.69) is 71.4 Å². The van der Waals surface area contributed by atoms with E-state index in [0.717, 1.165) is 26.1 Å². The van der Waals surface area contributed by atoms with Crippen LogP contribution in [0.4, 0.5) is 0 Å². The van der Waals surface area contributed by atoms with Gasteiger partial charge in [0.05, 0.1) is 5.52 Å². The first-order valence-electron chi connectivity index (χ1n) is 9.21. The van der Waals surface area contributed by atoms with Gasteiger partial charge in [0.1, 0.15) is 0 Å². The number of allylic oxidation sites excluding steroid dienone is 1. The molecule has 0 aliphatic carbocycles. The third-order valence-electron chi connectivity index (χ3n) is 5.27. The summed E-state index contributed by atoms with van der Waals surface area (Å²) in [5.41, 5.74) is 7.99. The van der Waals surface area contributed by atoms with E-state index in [1.54, 1.807) is 0 Å². The molecule has 26 heavy (non-hydrogen) atoms. The number of benzene rings is 1. The van der Waals surface area contributed by atoms with Crippen molar-refractivity contribution in [3.8, 4) is 0 Å². The minimum Gasteiger partial charge on any atom is -0.320 e. The summed E-state index contributed by atoms with van der Waals surface area (Å²) in [5.74, 6) is 0. The highest BCUT2D eigenvalue weighted by Crippen LogP contribution is 2.33. The molecular weight excluding hydrogens is 318 g/mol. The molecule has 0 saturated carbocycles. The smallest absolute Gasteiger partial charge is 0.0529 e. The predicted molar refractivity (Wildman–Crippen MR) is 110 cm³/mol. The average Bonchev–Trinajstić information content (AvgIpc) is 2.95. The van der Waals surface area contributed by atoms with Crippen LogP contribution in [0.3, 0.4) is 0 Å². The van der Waals surface area contributed by atoms with Crippen LogP contribution in [-0.2, 0) is 13.0 Å². The predicted octanol–water partition coefficient (Wildman–Crippen LogP) is 4.91. The number of hydrogen-bond donors (Lipinski definition) is 0. The maximum Gasteiger partial charge on any atom is 0.0529 e. The van der Waals surface area contributed by atoms with Crippen LogP contribution in [0.25, 0.3) is 22.7 Å². The summed E-state index contributed by atoms with van der Waals surface area (Å²) >= 11 is 0. The third-order valence-corrected chi connectivity index (χ3v) is 5.27. The molecule has 0 fully saturated rings. The van der Waals surface area contributed by atoms with Crippen LogP contribution in [-0.4, -0.2) is 27.5 Å². The van der Waals surface area contributed by atoms with Crippen molar-refractivity contribution < 1.29 is 0 Å². The van der Waals surface area contributed by atoms with Gasteiger partial charge in [-0.1, -0.05) is 17.7 Å². The van der Waals surface area contributed by atoms with E-state index in [0.29, 0.717) is 0 Å². The van der Waals surface area contributed by atoms with Gasteiger partial charge in [-0.25, -0.2) is 0 Å². The lowest BCUT2D eigenvalue weighted by atomic mass is 10.0. The second-order valence-electron chi connectivity index (χ2n) is 7.14. The van der Waals surface area contributed by atoms with E-state index in [-0.39, 0.29) is 0 Å². The van der Waals surface area contributed by atoms with Gasteiger partial charge in [0.2, 0.25) is 0 Å². The number of rotatable bonds is 4. The Hall–Kier alpha value is -2.65. The highest BCUT2D eigenvalue weighted by molar-refractivity contribution is 5.90. The lowest BCUT2D eigenvalue weighted by Gasteiger charge is -2.26. The summed E-state index contributed by atoms with van der Waals surface area (Å²) in [6.45, 7) is 11.3. The van der Waals surface area contributed by atoms with Crippen molar-refractivity contribution in [2.75, 3.05) is 13.1 Å². The largest absolute Gasteiger partial charge is 0.320 e. The van der Waals surface area contributed by atoms with Gasteiger partial charge in [0.15, 0.2) is 0 Å². The topological polar surface area (TPSA) is 21.1 Å². The molecule has 3 heterocycles. The Bertz CT molecular complexity index is 980. The molecule has 0 unspecified atom stereocenters. The number of aryl methyl sites for hydroxylation is 1. The van der Waals surface area contributed by atoms with Crippen LogP contribution in [0.2, 0.25) is 0 Å². The van der Waals surface area contributed by atoms with Crippen molar-refractivity contribution in [2.45, 2.75) is 26.8 Å². The minimum atomic E-state index is 0.948. The fraction of sp³-hybridized carbons (Fsp3) is 0.261. The second kappa shape index (κ2) is 6.93. The lowest BCUT2D eigenvalue weighted by Crippen LogP contribution is -2.30. The zero-order valence-electron chi connectivity index (χ0n) is 15.6. The molecule has 4 rings (SSSR count). The minimum absolute atomic E-state index is 0.948. The molecule has 3 nitrogen and oxygen atoms in total. The second-order valence-corrected chi connectivity index (χ2v) is 7.14. The normalized spacial score (nSPS) is 15.2. The summed E-state index contributed by atoms with van der Waals surface area (Å²) in [6, 6.07) is 10.9. The Kier molecular flexibility index (Phi) is 4.48. The van der Waals surface area contributed by atoms with Gasteiger partial charge >= 0.3 is 0 Å². The Labute approximate surface area is 155 Å². The molecule has 132 valence electrons. The molecular formula is C23H25N3. The van der Waals surface area contributed by atoms with Gasteiger partial charge in [0.25, 0.3) is 0 Å². The summed E-state index contributed by atoms with van der Waals surface area (Å²) in [5, 5.41) is 1.38. The molecule has 0 radical (unpaired) electrons. The number of aromatic nitrogens is 2. The van der Waals surface area contributed by atoms with Crippen LogP contribution < -0.4 is 0 Å². The Morgan fingerprint density at radius 1 is 1.23 bits per heavy atom. The van der Waals surface area contributed by atoms with Gasteiger partial charge in [0, 0.05) is 55.7 Å². The average molecular weight is 343 g/mol. The van der Waals surface area contributed by atoms with E-state index >= 15 is 0 Å². The van der Waals surface area contributed by atoms with Crippen molar-refractivity contribution in [3.05, 3.63) is 77.8 Å². The maximum atomic E-state index is 4.13. The maximum absolute atomic E-state index is 4.13. The van der Waals surface area contributed by atoms with E-state index in [1.165, 1.54) is 38.9 Å². The molecule has 3 heteroatoms. The number of nitrogens with zero attached hydrogens (tertiary/aromatic N) is 3. The molecule has 1 aliphatic rings. The highest BCUT2D eigenvalue weighted by atomic mass is 15.1. The molecule has 2 aromatic heterocycles. The van der Waals surface area contributed by atoms with Crippen molar-refractivity contribution in [1.29, 1.82) is 0 Å². The molecule has 0 spiro atoms. The van der Waals surface area contributed by atoms with E-state index in [4.69, 9.17) is 0 Å². The molecule has 1 aliphatic heterocycles. The fourth-order valence-electron chi connectivity index (χ4n) is 3.93. The molecule has 3 aromatic rings. The van der Waals surface area contributed by atoms with E-state index < -0.39 is 0 Å². The van der Waals surface area contributed by atoms with Gasteiger partial charge in [-0.3, -0.25) is 9.88 Å². The third kappa shape index (κ3) is 2.99. The number of pyridine rings is 1. The summed E-state index contributed by atoms with van der Waals surface area (Å²) in [7, 11) is 0. The zero-order valence-corrected chi connectivity index (χ0v) is 15.6. The Morgan fingerprint density at radius 2 is 2.04 bits per heavy atom. The summed E-state index contributed by atoms with van der Waals surface area (Å²) in [4.78, 5) is 6.61. The molecule has 0 bridgehead atoms. The standard InChI is InChI=1S/C23H25N3/c1-4-12-25-13-9-23-21(16-25)20-14-17(2)5-6-22(20)26(23)15-18(3)19-7-10-24-11-8-19/h4-8,10-11,14-15H,1,9,12-13,16H2,2-3H3. The summed E-state index contributed by atoms with van der Waals surface area (Å²) < 4.78 is 2.41. The first-order chi connectivity index (χ1) is 12.7. The van der Waals surface area contributed by atoms with Crippen LogP contribution in [0.1, 0.15) is 29.3 Å². The molecule has 0 atom stereocenters. The van der Waals surface area contributed by atoms with Crippen molar-refractivity contribution in [3.63, 3.8) is 0 Å².